The molecule has 6 nitrogen and oxygen atoms in total. The molecule has 2 aromatic carbocycles. The average Bonchev–Trinajstić information content (AvgIpc) is 2.81. The molecule has 0 spiro atoms. The van der Waals surface area contributed by atoms with Crippen molar-refractivity contribution in [3.63, 3.8) is 0 Å². The van der Waals surface area contributed by atoms with E-state index in [0.717, 1.165) is 11.3 Å². The van der Waals surface area contributed by atoms with Gasteiger partial charge in [0.15, 0.2) is 0 Å². The number of hydrogen-bond donors (Lipinski definition) is 3. The Hall–Kier alpha value is -3.54. The van der Waals surface area contributed by atoms with Crippen LogP contribution in [0.1, 0.15) is 29.3 Å². The van der Waals surface area contributed by atoms with Crippen molar-refractivity contribution in [2.45, 2.75) is 19.4 Å². The Balaban J connectivity index is 1.86. The molecule has 0 fully saturated rings. The lowest BCUT2D eigenvalue weighted by Gasteiger charge is -2.19. The van der Waals surface area contributed by atoms with Gasteiger partial charge in [0.1, 0.15) is 22.8 Å². The fourth-order valence-electron chi connectivity index (χ4n) is 3.24. The van der Waals surface area contributed by atoms with E-state index in [0.29, 0.717) is 23.6 Å². The van der Waals surface area contributed by atoms with Crippen molar-refractivity contribution in [3.05, 3.63) is 81.9 Å². The van der Waals surface area contributed by atoms with Gasteiger partial charge < -0.3 is 19.9 Å². The summed E-state index contributed by atoms with van der Waals surface area (Å²) >= 11 is 0. The van der Waals surface area contributed by atoms with Crippen LogP contribution >= 0.6 is 0 Å². The SMILES string of the molecule is Cc1cc(O)c(C2=Nc3ccccc3NC(c3ccc(O)cc3)C2)c(=O)o1. The van der Waals surface area contributed by atoms with Crippen LogP contribution in [0.4, 0.5) is 11.4 Å². The zero-order chi connectivity index (χ0) is 19.0. The molecule has 0 aliphatic carbocycles. The maximum absolute atomic E-state index is 12.4. The summed E-state index contributed by atoms with van der Waals surface area (Å²) in [5, 5.41) is 23.4. The molecule has 136 valence electrons. The Morgan fingerprint density at radius 3 is 2.59 bits per heavy atom. The molecule has 0 amide bonds. The molecule has 0 bridgehead atoms. The van der Waals surface area contributed by atoms with Gasteiger partial charge >= 0.3 is 5.63 Å². The minimum atomic E-state index is -0.616. The summed E-state index contributed by atoms with van der Waals surface area (Å²) in [7, 11) is 0. The van der Waals surface area contributed by atoms with E-state index in [1.807, 2.05) is 36.4 Å². The first-order valence-corrected chi connectivity index (χ1v) is 8.57. The monoisotopic (exact) mass is 362 g/mol. The summed E-state index contributed by atoms with van der Waals surface area (Å²) in [5.74, 6) is 0.369. The summed E-state index contributed by atoms with van der Waals surface area (Å²) < 4.78 is 5.18. The summed E-state index contributed by atoms with van der Waals surface area (Å²) in [6.07, 6.45) is 0.362. The Morgan fingerprint density at radius 2 is 1.85 bits per heavy atom. The minimum absolute atomic E-state index is 0.0721. The van der Waals surface area contributed by atoms with Gasteiger partial charge in [-0.15, -0.1) is 0 Å². The minimum Gasteiger partial charge on any atom is -0.508 e. The van der Waals surface area contributed by atoms with Gasteiger partial charge in [-0.2, -0.15) is 0 Å². The van der Waals surface area contributed by atoms with Gasteiger partial charge in [-0.05, 0) is 36.8 Å². The molecule has 1 aliphatic heterocycles. The number of para-hydroxylation sites is 2. The Labute approximate surface area is 155 Å². The van der Waals surface area contributed by atoms with E-state index in [2.05, 4.69) is 10.3 Å². The largest absolute Gasteiger partial charge is 0.508 e. The molecule has 1 atom stereocenters. The van der Waals surface area contributed by atoms with Crippen LogP contribution in [-0.4, -0.2) is 15.9 Å². The predicted octanol–water partition coefficient (Wildman–Crippen LogP) is 4.04. The fraction of sp³-hybridized carbons (Fsp3) is 0.143. The average molecular weight is 362 g/mol. The standard InChI is InChI=1S/C21H18N2O4/c1-12-10-19(25)20(21(26)27-12)18-11-17(13-6-8-14(24)9-7-13)22-15-4-2-3-5-16(15)23-18/h2-10,17,22,24-25H,11H2,1H3. The zero-order valence-electron chi connectivity index (χ0n) is 14.6. The molecule has 1 aromatic heterocycles. The molecule has 1 aliphatic rings. The maximum Gasteiger partial charge on any atom is 0.348 e. The van der Waals surface area contributed by atoms with Gasteiger partial charge in [-0.3, -0.25) is 4.99 Å². The number of aliphatic imine (C=N–C) groups is 1. The highest BCUT2D eigenvalue weighted by molar-refractivity contribution is 6.05. The van der Waals surface area contributed by atoms with Crippen molar-refractivity contribution in [2.75, 3.05) is 5.32 Å². The smallest absolute Gasteiger partial charge is 0.348 e. The van der Waals surface area contributed by atoms with Crippen LogP contribution < -0.4 is 10.9 Å². The van der Waals surface area contributed by atoms with Gasteiger partial charge in [0, 0.05) is 12.5 Å². The lowest BCUT2D eigenvalue weighted by atomic mass is 9.97. The van der Waals surface area contributed by atoms with Gasteiger partial charge in [-0.25, -0.2) is 4.79 Å². The second kappa shape index (κ2) is 6.64. The van der Waals surface area contributed by atoms with Crippen molar-refractivity contribution in [3.8, 4) is 11.5 Å². The molecule has 0 saturated heterocycles. The van der Waals surface area contributed by atoms with E-state index in [9.17, 15) is 15.0 Å². The molecule has 2 heterocycles. The topological polar surface area (TPSA) is 95.1 Å². The highest BCUT2D eigenvalue weighted by atomic mass is 16.4. The van der Waals surface area contributed by atoms with Crippen LogP contribution in [0, 0.1) is 6.92 Å². The number of nitrogens with zero attached hydrogens (tertiary/aromatic N) is 1. The highest BCUT2D eigenvalue weighted by Crippen LogP contribution is 2.36. The molecule has 3 aromatic rings. The Bertz CT molecular complexity index is 1080. The van der Waals surface area contributed by atoms with Gasteiger partial charge in [-0.1, -0.05) is 24.3 Å². The number of aromatic hydroxyl groups is 2. The maximum atomic E-state index is 12.4. The second-order valence-corrected chi connectivity index (χ2v) is 6.47. The number of anilines is 1. The predicted molar refractivity (Wildman–Crippen MR) is 103 cm³/mol. The molecular weight excluding hydrogens is 344 g/mol. The molecule has 0 saturated carbocycles. The number of benzene rings is 2. The second-order valence-electron chi connectivity index (χ2n) is 6.47. The van der Waals surface area contributed by atoms with Gasteiger partial charge in [0.2, 0.25) is 0 Å². The molecule has 6 heteroatoms. The van der Waals surface area contributed by atoms with E-state index in [1.54, 1.807) is 19.1 Å². The van der Waals surface area contributed by atoms with Crippen LogP contribution in [0.5, 0.6) is 11.5 Å². The first-order valence-electron chi connectivity index (χ1n) is 8.57. The van der Waals surface area contributed by atoms with E-state index >= 15 is 0 Å². The number of phenols is 1. The van der Waals surface area contributed by atoms with Crippen molar-refractivity contribution in [1.29, 1.82) is 0 Å². The van der Waals surface area contributed by atoms with Crippen LogP contribution in [0.25, 0.3) is 0 Å². The van der Waals surface area contributed by atoms with E-state index in [4.69, 9.17) is 4.42 Å². The van der Waals surface area contributed by atoms with E-state index in [1.165, 1.54) is 6.07 Å². The van der Waals surface area contributed by atoms with Crippen molar-refractivity contribution < 1.29 is 14.6 Å². The van der Waals surface area contributed by atoms with Gasteiger partial charge in [0.05, 0.1) is 23.1 Å². The number of phenolic OH excluding ortho intramolecular Hbond substituents is 1. The van der Waals surface area contributed by atoms with Crippen LogP contribution in [0.2, 0.25) is 0 Å². The summed E-state index contributed by atoms with van der Waals surface area (Å²) in [6, 6.07) is 15.6. The number of hydrogen-bond acceptors (Lipinski definition) is 6. The Morgan fingerprint density at radius 1 is 1.11 bits per heavy atom. The summed E-state index contributed by atoms with van der Waals surface area (Å²) in [4.78, 5) is 17.0. The highest BCUT2D eigenvalue weighted by Gasteiger charge is 2.25. The summed E-state index contributed by atoms with van der Waals surface area (Å²) in [6.45, 7) is 1.61. The molecular formula is C21H18N2O4. The number of aryl methyl sites for hydroxylation is 1. The van der Waals surface area contributed by atoms with E-state index < -0.39 is 5.63 Å². The molecule has 1 unspecified atom stereocenters. The van der Waals surface area contributed by atoms with Crippen LogP contribution in [-0.2, 0) is 0 Å². The molecule has 27 heavy (non-hydrogen) atoms. The van der Waals surface area contributed by atoms with Gasteiger partial charge in [0.25, 0.3) is 0 Å². The molecule has 3 N–H and O–H groups in total. The quantitative estimate of drug-likeness (QED) is 0.639. The Kier molecular flexibility index (Phi) is 4.16. The molecule has 0 radical (unpaired) electrons. The third-order valence-corrected chi connectivity index (χ3v) is 4.52. The van der Waals surface area contributed by atoms with E-state index in [-0.39, 0.29) is 23.1 Å². The third kappa shape index (κ3) is 3.29. The first-order chi connectivity index (χ1) is 13.0. The van der Waals surface area contributed by atoms with Crippen molar-refractivity contribution >= 4 is 17.1 Å². The number of fused-ring (bicyclic) bond motifs is 1. The normalized spacial score (nSPS) is 16.0. The lowest BCUT2D eigenvalue weighted by Crippen LogP contribution is -2.19. The van der Waals surface area contributed by atoms with Crippen molar-refractivity contribution in [1.82, 2.24) is 0 Å². The van der Waals surface area contributed by atoms with Crippen molar-refractivity contribution in [2.24, 2.45) is 4.99 Å². The van der Waals surface area contributed by atoms with Crippen LogP contribution in [0.3, 0.4) is 0 Å². The fourth-order valence-corrected chi connectivity index (χ4v) is 3.24. The first kappa shape index (κ1) is 16.9. The number of nitrogens with one attached hydrogen (secondary N) is 1. The molecule has 4 rings (SSSR count). The number of rotatable bonds is 2. The van der Waals surface area contributed by atoms with Crippen LogP contribution in [0.15, 0.2) is 68.8 Å². The zero-order valence-corrected chi connectivity index (χ0v) is 14.6. The third-order valence-electron chi connectivity index (χ3n) is 4.52. The summed E-state index contributed by atoms with van der Waals surface area (Å²) in [5.41, 5.74) is 2.32. The lowest BCUT2D eigenvalue weighted by molar-refractivity contribution is 0.432.